The first-order valence-electron chi connectivity index (χ1n) is 7.88. The van der Waals surface area contributed by atoms with Crippen LogP contribution in [0, 0.1) is 0 Å². The van der Waals surface area contributed by atoms with Crippen LogP contribution in [0.3, 0.4) is 0 Å². The molecular formula is C16H18N4O5S2. The van der Waals surface area contributed by atoms with Gasteiger partial charge >= 0.3 is 0 Å². The Morgan fingerprint density at radius 3 is 2.48 bits per heavy atom. The van der Waals surface area contributed by atoms with Gasteiger partial charge in [-0.15, -0.1) is 5.12 Å². The van der Waals surface area contributed by atoms with E-state index in [0.717, 1.165) is 9.53 Å². The molecule has 2 unspecified atom stereocenters. The second-order valence-corrected chi connectivity index (χ2v) is 8.48. The monoisotopic (exact) mass is 410 g/mol. The molecular weight excluding hydrogens is 392 g/mol. The van der Waals surface area contributed by atoms with Crippen molar-refractivity contribution >= 4 is 32.7 Å². The Labute approximate surface area is 159 Å². The van der Waals surface area contributed by atoms with E-state index in [9.17, 15) is 22.0 Å². The SMILES string of the molecule is CC(=O)NC1c2ccccc2NN1N(CS(=O)O)S(=O)(=O)c1ccccc1. The third kappa shape index (κ3) is 4.01. The fourth-order valence-corrected chi connectivity index (χ4v) is 4.98. The van der Waals surface area contributed by atoms with Crippen LogP contribution in [0.5, 0.6) is 0 Å². The first kappa shape index (κ1) is 19.5. The van der Waals surface area contributed by atoms with Gasteiger partial charge in [0.05, 0.1) is 10.6 Å². The summed E-state index contributed by atoms with van der Waals surface area (Å²) < 4.78 is 47.9. The van der Waals surface area contributed by atoms with Gasteiger partial charge in [-0.05, 0) is 18.2 Å². The summed E-state index contributed by atoms with van der Waals surface area (Å²) in [5.74, 6) is -1.10. The van der Waals surface area contributed by atoms with Gasteiger partial charge in [0.15, 0.2) is 11.1 Å². The van der Waals surface area contributed by atoms with E-state index in [-0.39, 0.29) is 10.8 Å². The topological polar surface area (TPSA) is 119 Å². The number of carbonyl (C=O) groups excluding carboxylic acids is 1. The number of anilines is 1. The Morgan fingerprint density at radius 2 is 1.85 bits per heavy atom. The second-order valence-electron chi connectivity index (χ2n) is 5.74. The van der Waals surface area contributed by atoms with Gasteiger partial charge in [-0.25, -0.2) is 12.6 Å². The molecule has 0 radical (unpaired) electrons. The standard InChI is InChI=1S/C16H18N4O5S2/c1-12(21)17-16-14-9-5-6-10-15(14)18-20(16)19(11-26(22)23)27(24,25)13-7-3-2-4-8-13/h2-10,16,18H,11H2,1H3,(H,17,21)(H,22,23). The van der Waals surface area contributed by atoms with Crippen molar-refractivity contribution in [3.8, 4) is 0 Å². The van der Waals surface area contributed by atoms with Crippen molar-refractivity contribution in [3.05, 3.63) is 60.2 Å². The van der Waals surface area contributed by atoms with Crippen LogP contribution in [0.2, 0.25) is 0 Å². The summed E-state index contributed by atoms with van der Waals surface area (Å²) in [6.07, 6.45) is -0.874. The molecule has 0 saturated carbocycles. The van der Waals surface area contributed by atoms with E-state index in [1.165, 1.54) is 19.1 Å². The van der Waals surface area contributed by atoms with Crippen molar-refractivity contribution in [3.63, 3.8) is 0 Å². The summed E-state index contributed by atoms with van der Waals surface area (Å²) in [6, 6.07) is 14.5. The predicted octanol–water partition coefficient (Wildman–Crippen LogP) is 1.25. The van der Waals surface area contributed by atoms with Crippen molar-refractivity contribution in [1.82, 2.24) is 14.8 Å². The molecule has 0 bridgehead atoms. The van der Waals surface area contributed by atoms with Crippen molar-refractivity contribution < 1.29 is 22.0 Å². The largest absolute Gasteiger partial charge is 0.334 e. The highest BCUT2D eigenvalue weighted by Gasteiger charge is 2.41. The van der Waals surface area contributed by atoms with Gasteiger partial charge in [0, 0.05) is 12.5 Å². The zero-order valence-corrected chi connectivity index (χ0v) is 15.9. The van der Waals surface area contributed by atoms with Crippen molar-refractivity contribution in [1.29, 1.82) is 0 Å². The quantitative estimate of drug-likeness (QED) is 0.613. The summed E-state index contributed by atoms with van der Waals surface area (Å²) in [4.78, 5) is 11.6. The summed E-state index contributed by atoms with van der Waals surface area (Å²) in [6.45, 7) is 1.30. The van der Waals surface area contributed by atoms with Gasteiger partial charge in [-0.2, -0.15) is 0 Å². The lowest BCUT2D eigenvalue weighted by Gasteiger charge is -2.33. The summed E-state index contributed by atoms with van der Waals surface area (Å²) >= 11 is -2.45. The molecule has 3 N–H and O–H groups in total. The average Bonchev–Trinajstić information content (AvgIpc) is 2.98. The Bertz CT molecular complexity index is 968. The van der Waals surface area contributed by atoms with Crippen LogP contribution >= 0.6 is 0 Å². The third-order valence-corrected chi connectivity index (χ3v) is 6.21. The minimum absolute atomic E-state index is 0.0465. The normalized spacial score (nSPS) is 18.0. The van der Waals surface area contributed by atoms with Crippen LogP contribution in [0.1, 0.15) is 18.7 Å². The molecule has 0 aromatic heterocycles. The Morgan fingerprint density at radius 1 is 1.22 bits per heavy atom. The first-order valence-corrected chi connectivity index (χ1v) is 10.6. The number of hydrogen-bond acceptors (Lipinski definition) is 6. The third-order valence-electron chi connectivity index (χ3n) is 3.85. The molecule has 1 aliphatic heterocycles. The molecule has 2 aromatic carbocycles. The number of para-hydroxylation sites is 1. The summed E-state index contributed by atoms with van der Waals surface area (Å²) in [5.41, 5.74) is 4.10. The van der Waals surface area contributed by atoms with Crippen LogP contribution in [-0.4, -0.2) is 38.5 Å². The van der Waals surface area contributed by atoms with E-state index in [2.05, 4.69) is 10.7 Å². The maximum absolute atomic E-state index is 13.1. The fraction of sp³-hybridized carbons (Fsp3) is 0.188. The number of amides is 1. The maximum Gasteiger partial charge on any atom is 0.258 e. The van der Waals surface area contributed by atoms with Crippen molar-refractivity contribution in [2.24, 2.45) is 0 Å². The first-order chi connectivity index (χ1) is 12.8. The van der Waals surface area contributed by atoms with E-state index in [0.29, 0.717) is 11.3 Å². The van der Waals surface area contributed by atoms with Crippen LogP contribution in [0.15, 0.2) is 59.5 Å². The zero-order valence-electron chi connectivity index (χ0n) is 14.3. The molecule has 1 amide bonds. The van der Waals surface area contributed by atoms with Gasteiger partial charge in [0.25, 0.3) is 10.0 Å². The van der Waals surface area contributed by atoms with E-state index in [4.69, 9.17) is 0 Å². The Kier molecular flexibility index (Phi) is 5.58. The number of fused-ring (bicyclic) bond motifs is 1. The van der Waals surface area contributed by atoms with E-state index < -0.39 is 33.1 Å². The van der Waals surface area contributed by atoms with Crippen LogP contribution in [0.25, 0.3) is 0 Å². The molecule has 1 aliphatic rings. The van der Waals surface area contributed by atoms with Crippen LogP contribution < -0.4 is 10.7 Å². The number of sulfonamides is 1. The number of carbonyl (C=O) groups is 1. The molecule has 1 heterocycles. The minimum Gasteiger partial charge on any atom is -0.334 e. The minimum atomic E-state index is -4.17. The molecule has 0 spiro atoms. The lowest BCUT2D eigenvalue weighted by Crippen LogP contribution is -2.53. The second kappa shape index (κ2) is 7.74. The van der Waals surface area contributed by atoms with Gasteiger partial charge in [-0.3, -0.25) is 4.79 Å². The number of rotatable bonds is 6. The highest BCUT2D eigenvalue weighted by Crippen LogP contribution is 2.36. The van der Waals surface area contributed by atoms with Crippen LogP contribution in [-0.2, 0) is 25.9 Å². The summed E-state index contributed by atoms with van der Waals surface area (Å²) in [5, 5.41) is 3.80. The van der Waals surface area contributed by atoms with E-state index in [1.54, 1.807) is 42.5 Å². The Hall–Kier alpha value is -2.31. The lowest BCUT2D eigenvalue weighted by molar-refractivity contribution is -0.122. The highest BCUT2D eigenvalue weighted by atomic mass is 32.2. The molecule has 3 rings (SSSR count). The van der Waals surface area contributed by atoms with Crippen molar-refractivity contribution in [2.45, 2.75) is 18.0 Å². The smallest absolute Gasteiger partial charge is 0.258 e. The van der Waals surface area contributed by atoms with Gasteiger partial charge in [-0.1, -0.05) is 40.8 Å². The highest BCUT2D eigenvalue weighted by molar-refractivity contribution is 7.90. The Balaban J connectivity index is 2.07. The molecule has 11 heteroatoms. The van der Waals surface area contributed by atoms with Gasteiger partial charge < -0.3 is 15.3 Å². The zero-order chi connectivity index (χ0) is 19.6. The molecule has 144 valence electrons. The van der Waals surface area contributed by atoms with Gasteiger partial charge in [0.1, 0.15) is 12.0 Å². The molecule has 2 aromatic rings. The molecule has 0 fully saturated rings. The molecule has 0 aliphatic carbocycles. The van der Waals surface area contributed by atoms with E-state index in [1.807, 2.05) is 0 Å². The number of nitrogens with zero attached hydrogens (tertiary/aromatic N) is 2. The van der Waals surface area contributed by atoms with Crippen molar-refractivity contribution in [2.75, 3.05) is 11.3 Å². The maximum atomic E-state index is 13.1. The average molecular weight is 410 g/mol. The number of nitrogens with one attached hydrogen (secondary N) is 2. The van der Waals surface area contributed by atoms with E-state index >= 15 is 0 Å². The summed E-state index contributed by atoms with van der Waals surface area (Å²) in [7, 11) is -4.17. The molecule has 2 atom stereocenters. The fourth-order valence-electron chi connectivity index (χ4n) is 2.73. The van der Waals surface area contributed by atoms with Crippen LogP contribution in [0.4, 0.5) is 5.69 Å². The number of hydrogen-bond donors (Lipinski definition) is 3. The predicted molar refractivity (Wildman–Crippen MR) is 99.6 cm³/mol. The van der Waals surface area contributed by atoms with Gasteiger partial charge in [0.2, 0.25) is 5.91 Å². The molecule has 9 nitrogen and oxygen atoms in total. The lowest BCUT2D eigenvalue weighted by atomic mass is 10.1. The molecule has 27 heavy (non-hydrogen) atoms. The molecule has 0 saturated heterocycles. The number of benzene rings is 2. The number of hydrazine groups is 2.